The summed E-state index contributed by atoms with van der Waals surface area (Å²) < 4.78 is 0. The van der Waals surface area contributed by atoms with E-state index in [2.05, 4.69) is 20.3 Å². The summed E-state index contributed by atoms with van der Waals surface area (Å²) >= 11 is 1.61. The first-order valence-electron chi connectivity index (χ1n) is 5.63. The van der Waals surface area contributed by atoms with Gasteiger partial charge in [-0.3, -0.25) is 5.10 Å². The molecule has 2 N–H and O–H groups in total. The molecule has 0 bridgehead atoms. The normalized spacial score (nSPS) is 25.2. The maximum Gasteiger partial charge on any atom is 0.184 e. The van der Waals surface area contributed by atoms with Crippen molar-refractivity contribution in [1.82, 2.24) is 15.2 Å². The largest absolute Gasteiger partial charge is 0.411 e. The quantitative estimate of drug-likeness (QED) is 0.615. The first kappa shape index (κ1) is 11.4. The number of hydrogen-bond acceptors (Lipinski definition) is 5. The summed E-state index contributed by atoms with van der Waals surface area (Å²) in [5, 5.41) is 20.2. The van der Waals surface area contributed by atoms with Crippen LogP contribution in [0.2, 0.25) is 0 Å². The fourth-order valence-electron chi connectivity index (χ4n) is 1.94. The van der Waals surface area contributed by atoms with Crippen molar-refractivity contribution >= 4 is 17.5 Å². The SMILES string of the molecule is O/N=C1/CCCCCCC1Sc1ncn[nH]1. The van der Waals surface area contributed by atoms with Gasteiger partial charge >= 0.3 is 0 Å². The first-order valence-corrected chi connectivity index (χ1v) is 6.51. The molecule has 1 saturated carbocycles. The van der Waals surface area contributed by atoms with Crippen molar-refractivity contribution < 1.29 is 5.21 Å². The van der Waals surface area contributed by atoms with E-state index in [-0.39, 0.29) is 5.25 Å². The van der Waals surface area contributed by atoms with E-state index in [9.17, 15) is 0 Å². The number of H-pyrrole nitrogens is 1. The van der Waals surface area contributed by atoms with Gasteiger partial charge in [-0.15, -0.1) is 0 Å². The van der Waals surface area contributed by atoms with Gasteiger partial charge in [0.1, 0.15) is 6.33 Å². The Morgan fingerprint density at radius 2 is 2.25 bits per heavy atom. The van der Waals surface area contributed by atoms with E-state index >= 15 is 0 Å². The van der Waals surface area contributed by atoms with Crippen LogP contribution < -0.4 is 0 Å². The minimum absolute atomic E-state index is 0.234. The molecule has 0 radical (unpaired) electrons. The highest BCUT2D eigenvalue weighted by atomic mass is 32.2. The Balaban J connectivity index is 2.02. The zero-order chi connectivity index (χ0) is 11.2. The molecule has 0 saturated heterocycles. The predicted octanol–water partition coefficient (Wildman–Crippen LogP) is 2.45. The van der Waals surface area contributed by atoms with Gasteiger partial charge < -0.3 is 5.21 Å². The van der Waals surface area contributed by atoms with Gasteiger partial charge in [0.15, 0.2) is 5.16 Å². The van der Waals surface area contributed by atoms with Crippen molar-refractivity contribution in [3.8, 4) is 0 Å². The molecule has 88 valence electrons. The number of rotatable bonds is 2. The molecule has 16 heavy (non-hydrogen) atoms. The van der Waals surface area contributed by atoms with Crippen LogP contribution in [0, 0.1) is 0 Å². The first-order chi connectivity index (χ1) is 7.90. The van der Waals surface area contributed by atoms with Crippen LogP contribution in [0.25, 0.3) is 0 Å². The molecule has 1 fully saturated rings. The van der Waals surface area contributed by atoms with Gasteiger partial charge in [-0.05, 0) is 19.3 Å². The van der Waals surface area contributed by atoms with Gasteiger partial charge in [-0.1, -0.05) is 36.2 Å². The number of oxime groups is 1. The highest BCUT2D eigenvalue weighted by molar-refractivity contribution is 8.00. The lowest BCUT2D eigenvalue weighted by Crippen LogP contribution is -2.19. The molecule has 1 atom stereocenters. The summed E-state index contributed by atoms with van der Waals surface area (Å²) in [6, 6.07) is 0. The van der Waals surface area contributed by atoms with E-state index in [1.54, 1.807) is 11.8 Å². The van der Waals surface area contributed by atoms with Gasteiger partial charge in [0.05, 0.1) is 11.0 Å². The molecule has 1 aliphatic carbocycles. The topological polar surface area (TPSA) is 74.2 Å². The van der Waals surface area contributed by atoms with Gasteiger partial charge in [-0.25, -0.2) is 4.98 Å². The van der Waals surface area contributed by atoms with Crippen LogP contribution in [0.1, 0.15) is 38.5 Å². The third kappa shape index (κ3) is 2.98. The summed E-state index contributed by atoms with van der Waals surface area (Å²) in [4.78, 5) is 4.09. The van der Waals surface area contributed by atoms with E-state index in [4.69, 9.17) is 5.21 Å². The zero-order valence-corrected chi connectivity index (χ0v) is 9.91. The van der Waals surface area contributed by atoms with E-state index in [0.717, 1.165) is 30.1 Å². The highest BCUT2D eigenvalue weighted by Gasteiger charge is 2.20. The smallest absolute Gasteiger partial charge is 0.184 e. The molecule has 0 spiro atoms. The van der Waals surface area contributed by atoms with Crippen molar-refractivity contribution in [3.05, 3.63) is 6.33 Å². The van der Waals surface area contributed by atoms with Gasteiger partial charge in [0, 0.05) is 0 Å². The lowest BCUT2D eigenvalue weighted by molar-refractivity contribution is 0.315. The van der Waals surface area contributed by atoms with Gasteiger partial charge in [0.25, 0.3) is 0 Å². The third-order valence-corrected chi connectivity index (χ3v) is 4.01. The molecule has 0 aromatic carbocycles. The Hall–Kier alpha value is -1.04. The Morgan fingerprint density at radius 3 is 3.00 bits per heavy atom. The second-order valence-electron chi connectivity index (χ2n) is 3.94. The minimum atomic E-state index is 0.234. The number of hydrogen-bond donors (Lipinski definition) is 2. The second-order valence-corrected chi connectivity index (χ2v) is 5.13. The van der Waals surface area contributed by atoms with Crippen LogP contribution in [-0.2, 0) is 0 Å². The summed E-state index contributed by atoms with van der Waals surface area (Å²) in [5.41, 5.74) is 0.890. The summed E-state index contributed by atoms with van der Waals surface area (Å²) in [6.45, 7) is 0. The molecule has 0 aliphatic heterocycles. The predicted molar refractivity (Wildman–Crippen MR) is 63.0 cm³/mol. The number of nitrogens with zero attached hydrogens (tertiary/aromatic N) is 3. The van der Waals surface area contributed by atoms with E-state index in [1.165, 1.54) is 25.6 Å². The van der Waals surface area contributed by atoms with Crippen molar-refractivity contribution in [2.75, 3.05) is 0 Å². The molecule has 5 nitrogen and oxygen atoms in total. The monoisotopic (exact) mass is 240 g/mol. The van der Waals surface area contributed by atoms with Crippen LogP contribution in [-0.4, -0.2) is 31.4 Å². The van der Waals surface area contributed by atoms with Gasteiger partial charge in [0.2, 0.25) is 0 Å². The maximum atomic E-state index is 9.04. The van der Waals surface area contributed by atoms with Crippen LogP contribution in [0.4, 0.5) is 0 Å². The average molecular weight is 240 g/mol. The molecular formula is C10H16N4OS. The fraction of sp³-hybridized carbons (Fsp3) is 0.700. The average Bonchev–Trinajstić information content (AvgIpc) is 2.75. The Labute approximate surface area is 98.7 Å². The standard InChI is InChI=1S/C10H16N4OS/c15-14-8-5-3-1-2-4-6-9(8)16-10-11-7-12-13-10/h7,9,15H,1-6H2,(H,11,12,13)/b14-8-. The number of aromatic amines is 1. The zero-order valence-electron chi connectivity index (χ0n) is 9.09. The summed E-state index contributed by atoms with van der Waals surface area (Å²) in [7, 11) is 0. The lowest BCUT2D eigenvalue weighted by Gasteiger charge is -2.19. The summed E-state index contributed by atoms with van der Waals surface area (Å²) in [5.74, 6) is 0. The molecule has 6 heteroatoms. The summed E-state index contributed by atoms with van der Waals surface area (Å²) in [6.07, 6.45) is 8.25. The third-order valence-electron chi connectivity index (χ3n) is 2.80. The van der Waals surface area contributed by atoms with E-state index in [0.29, 0.717) is 0 Å². The minimum Gasteiger partial charge on any atom is -0.411 e. The molecular weight excluding hydrogens is 224 g/mol. The molecule has 0 amide bonds. The van der Waals surface area contributed by atoms with Crippen LogP contribution in [0.5, 0.6) is 0 Å². The van der Waals surface area contributed by atoms with E-state index in [1.807, 2.05) is 0 Å². The van der Waals surface area contributed by atoms with Crippen molar-refractivity contribution in [2.24, 2.45) is 5.16 Å². The number of thioether (sulfide) groups is 1. The van der Waals surface area contributed by atoms with Crippen molar-refractivity contribution in [2.45, 2.75) is 48.9 Å². The van der Waals surface area contributed by atoms with Crippen molar-refractivity contribution in [3.63, 3.8) is 0 Å². The number of aromatic nitrogens is 3. The highest BCUT2D eigenvalue weighted by Crippen LogP contribution is 2.28. The van der Waals surface area contributed by atoms with Crippen molar-refractivity contribution in [1.29, 1.82) is 0 Å². The molecule has 1 aromatic rings. The molecule has 1 unspecified atom stereocenters. The maximum absolute atomic E-state index is 9.04. The Morgan fingerprint density at radius 1 is 1.38 bits per heavy atom. The number of nitrogens with one attached hydrogen (secondary N) is 1. The molecule has 2 rings (SSSR count). The Bertz CT molecular complexity index is 339. The molecule has 1 aromatic heterocycles. The van der Waals surface area contributed by atoms with Crippen LogP contribution >= 0.6 is 11.8 Å². The molecule has 1 aliphatic rings. The van der Waals surface area contributed by atoms with Crippen LogP contribution in [0.3, 0.4) is 0 Å². The second kappa shape index (κ2) is 5.89. The lowest BCUT2D eigenvalue weighted by atomic mass is 9.99. The van der Waals surface area contributed by atoms with E-state index < -0.39 is 0 Å². The van der Waals surface area contributed by atoms with Gasteiger partial charge in [-0.2, -0.15) is 5.10 Å². The van der Waals surface area contributed by atoms with Crippen LogP contribution in [0.15, 0.2) is 16.6 Å². The fourth-order valence-corrected chi connectivity index (χ4v) is 3.01. The Kier molecular flexibility index (Phi) is 4.21. The molecule has 1 heterocycles.